The minimum atomic E-state index is 0.412. The molecule has 4 heteroatoms. The van der Waals surface area contributed by atoms with Gasteiger partial charge in [-0.25, -0.2) is 0 Å². The fourth-order valence-corrected chi connectivity index (χ4v) is 3.60. The van der Waals surface area contributed by atoms with Crippen LogP contribution in [0.2, 0.25) is 0 Å². The first-order valence-electron chi connectivity index (χ1n) is 7.35. The summed E-state index contributed by atoms with van der Waals surface area (Å²) in [6.07, 6.45) is 0. The molecule has 2 aromatic carbocycles. The molecule has 0 radical (unpaired) electrons. The van der Waals surface area contributed by atoms with Crippen LogP contribution in [-0.2, 0) is 0 Å². The van der Waals surface area contributed by atoms with Crippen molar-refractivity contribution in [1.82, 2.24) is 4.90 Å². The van der Waals surface area contributed by atoms with Crippen molar-refractivity contribution in [2.24, 2.45) is 0 Å². The third-order valence-electron chi connectivity index (χ3n) is 4.08. The maximum absolute atomic E-state index is 9.21. The first kappa shape index (κ1) is 15.0. The van der Waals surface area contributed by atoms with E-state index in [1.807, 2.05) is 12.1 Å². The molecule has 1 aliphatic rings. The zero-order valence-electron chi connectivity index (χ0n) is 13.1. The van der Waals surface area contributed by atoms with Crippen molar-refractivity contribution >= 4 is 23.1 Å². The van der Waals surface area contributed by atoms with E-state index in [9.17, 15) is 5.26 Å². The lowest BCUT2D eigenvalue weighted by Gasteiger charge is -2.36. The van der Waals surface area contributed by atoms with Gasteiger partial charge < -0.3 is 9.80 Å². The Kier molecular flexibility index (Phi) is 4.10. The van der Waals surface area contributed by atoms with Crippen LogP contribution in [0.3, 0.4) is 0 Å². The molecular formula is C18H19N3S. The van der Waals surface area contributed by atoms with Crippen LogP contribution >= 0.6 is 11.8 Å². The van der Waals surface area contributed by atoms with Gasteiger partial charge in [0.05, 0.1) is 23.0 Å². The highest BCUT2D eigenvalue weighted by Crippen LogP contribution is 2.48. The molecule has 0 aliphatic carbocycles. The molecule has 0 saturated heterocycles. The molecule has 0 N–H and O–H groups in total. The average Bonchev–Trinajstić information content (AvgIpc) is 2.54. The fourth-order valence-electron chi connectivity index (χ4n) is 2.52. The van der Waals surface area contributed by atoms with Crippen molar-refractivity contribution in [3.05, 3.63) is 48.0 Å². The molecule has 0 bridgehead atoms. The second-order valence-corrected chi connectivity index (χ2v) is 6.87. The van der Waals surface area contributed by atoms with Gasteiger partial charge in [-0.3, -0.25) is 0 Å². The van der Waals surface area contributed by atoms with E-state index in [0.29, 0.717) is 11.6 Å². The van der Waals surface area contributed by atoms with Crippen molar-refractivity contribution in [2.75, 3.05) is 25.5 Å². The van der Waals surface area contributed by atoms with Crippen LogP contribution in [0.15, 0.2) is 52.3 Å². The Hall–Kier alpha value is -1.96. The zero-order chi connectivity index (χ0) is 15.7. The lowest BCUT2D eigenvalue weighted by molar-refractivity contribution is 0.319. The van der Waals surface area contributed by atoms with Crippen LogP contribution in [0.1, 0.15) is 12.5 Å². The second-order valence-electron chi connectivity index (χ2n) is 5.79. The SMILES string of the molecule is CC(CN1c2ccccc2Sc2ccc(C#N)cc21)N(C)C. The number of nitrogens with zero attached hydrogens (tertiary/aromatic N) is 3. The van der Waals surface area contributed by atoms with Crippen molar-refractivity contribution in [3.63, 3.8) is 0 Å². The van der Waals surface area contributed by atoms with Crippen LogP contribution in [0.5, 0.6) is 0 Å². The normalized spacial score (nSPS) is 14.2. The van der Waals surface area contributed by atoms with E-state index in [1.165, 1.54) is 15.5 Å². The number of nitriles is 1. The number of hydrogen-bond acceptors (Lipinski definition) is 4. The second kappa shape index (κ2) is 6.04. The molecule has 1 heterocycles. The Labute approximate surface area is 136 Å². The highest BCUT2D eigenvalue weighted by atomic mass is 32.2. The van der Waals surface area contributed by atoms with Gasteiger partial charge in [0.15, 0.2) is 0 Å². The van der Waals surface area contributed by atoms with E-state index < -0.39 is 0 Å². The molecule has 0 saturated carbocycles. The molecule has 3 nitrogen and oxygen atoms in total. The fraction of sp³-hybridized carbons (Fsp3) is 0.278. The third kappa shape index (κ3) is 2.70. The first-order valence-corrected chi connectivity index (χ1v) is 8.17. The average molecular weight is 309 g/mol. The van der Waals surface area contributed by atoms with E-state index >= 15 is 0 Å². The number of anilines is 2. The number of benzene rings is 2. The van der Waals surface area contributed by atoms with Gasteiger partial charge in [-0.15, -0.1) is 0 Å². The maximum atomic E-state index is 9.21. The monoisotopic (exact) mass is 309 g/mol. The lowest BCUT2D eigenvalue weighted by atomic mass is 10.1. The van der Waals surface area contributed by atoms with Crippen molar-refractivity contribution in [3.8, 4) is 6.07 Å². The summed E-state index contributed by atoms with van der Waals surface area (Å²) in [5.41, 5.74) is 3.07. The summed E-state index contributed by atoms with van der Waals surface area (Å²) < 4.78 is 0. The number of likely N-dealkylation sites (N-methyl/N-ethyl adjacent to an activating group) is 1. The molecule has 1 unspecified atom stereocenters. The van der Waals surface area contributed by atoms with Crippen LogP contribution < -0.4 is 4.90 Å². The van der Waals surface area contributed by atoms with E-state index in [4.69, 9.17) is 0 Å². The summed E-state index contributed by atoms with van der Waals surface area (Å²) in [6.45, 7) is 3.12. The number of para-hydroxylation sites is 1. The van der Waals surface area contributed by atoms with E-state index in [1.54, 1.807) is 11.8 Å². The molecule has 1 aliphatic heterocycles. The Morgan fingerprint density at radius 3 is 2.59 bits per heavy atom. The van der Waals surface area contributed by atoms with Crippen LogP contribution in [-0.4, -0.2) is 31.6 Å². The molecule has 0 aromatic heterocycles. The van der Waals surface area contributed by atoms with Gasteiger partial charge in [-0.1, -0.05) is 23.9 Å². The van der Waals surface area contributed by atoms with Crippen molar-refractivity contribution in [2.45, 2.75) is 22.8 Å². The summed E-state index contributed by atoms with van der Waals surface area (Å²) in [5, 5.41) is 9.21. The smallest absolute Gasteiger partial charge is 0.0992 e. The van der Waals surface area contributed by atoms with Gasteiger partial charge in [0, 0.05) is 22.4 Å². The molecule has 0 spiro atoms. The zero-order valence-corrected chi connectivity index (χ0v) is 13.9. The van der Waals surface area contributed by atoms with Crippen LogP contribution in [0.4, 0.5) is 11.4 Å². The van der Waals surface area contributed by atoms with Gasteiger partial charge in [0.25, 0.3) is 0 Å². The van der Waals surface area contributed by atoms with Gasteiger partial charge in [-0.05, 0) is 51.4 Å². The molecular weight excluding hydrogens is 290 g/mol. The summed E-state index contributed by atoms with van der Waals surface area (Å²) in [4.78, 5) is 7.04. The summed E-state index contributed by atoms with van der Waals surface area (Å²) in [5.74, 6) is 0. The lowest BCUT2D eigenvalue weighted by Crippen LogP contribution is -2.37. The Bertz CT molecular complexity index is 733. The summed E-state index contributed by atoms with van der Waals surface area (Å²) in [6, 6.07) is 17.1. The topological polar surface area (TPSA) is 30.3 Å². The van der Waals surface area contributed by atoms with Crippen molar-refractivity contribution < 1.29 is 0 Å². The minimum Gasteiger partial charge on any atom is -0.338 e. The van der Waals surface area contributed by atoms with Gasteiger partial charge in [0.1, 0.15) is 0 Å². The van der Waals surface area contributed by atoms with Crippen LogP contribution in [0, 0.1) is 11.3 Å². The molecule has 112 valence electrons. The first-order chi connectivity index (χ1) is 10.6. The Balaban J connectivity index is 2.08. The van der Waals surface area contributed by atoms with Crippen molar-refractivity contribution in [1.29, 1.82) is 5.26 Å². The van der Waals surface area contributed by atoms with Gasteiger partial charge in [-0.2, -0.15) is 5.26 Å². The summed E-state index contributed by atoms with van der Waals surface area (Å²) in [7, 11) is 4.20. The number of fused-ring (bicyclic) bond motifs is 2. The molecule has 22 heavy (non-hydrogen) atoms. The molecule has 3 rings (SSSR count). The highest BCUT2D eigenvalue weighted by Gasteiger charge is 2.25. The number of rotatable bonds is 3. The Morgan fingerprint density at radius 1 is 1.14 bits per heavy atom. The van der Waals surface area contributed by atoms with E-state index in [0.717, 1.165) is 12.2 Å². The molecule has 0 fully saturated rings. The largest absolute Gasteiger partial charge is 0.338 e. The van der Waals surface area contributed by atoms with Gasteiger partial charge >= 0.3 is 0 Å². The maximum Gasteiger partial charge on any atom is 0.0992 e. The minimum absolute atomic E-state index is 0.412. The van der Waals surface area contributed by atoms with E-state index in [2.05, 4.69) is 67.2 Å². The predicted molar refractivity (Wildman–Crippen MR) is 91.9 cm³/mol. The molecule has 0 amide bonds. The summed E-state index contributed by atoms with van der Waals surface area (Å²) >= 11 is 1.78. The standard InChI is InChI=1S/C18H19N3S/c1-13(20(2)3)12-21-15-6-4-5-7-17(15)22-18-9-8-14(11-19)10-16(18)21/h4-10,13H,12H2,1-3H3. The van der Waals surface area contributed by atoms with Crippen LogP contribution in [0.25, 0.3) is 0 Å². The highest BCUT2D eigenvalue weighted by molar-refractivity contribution is 7.99. The number of hydrogen-bond donors (Lipinski definition) is 0. The Morgan fingerprint density at radius 2 is 1.86 bits per heavy atom. The quantitative estimate of drug-likeness (QED) is 0.853. The molecule has 2 aromatic rings. The third-order valence-corrected chi connectivity index (χ3v) is 5.21. The van der Waals surface area contributed by atoms with Gasteiger partial charge in [0.2, 0.25) is 0 Å². The van der Waals surface area contributed by atoms with E-state index in [-0.39, 0.29) is 0 Å². The molecule has 1 atom stereocenters. The predicted octanol–water partition coefficient (Wildman–Crippen LogP) is 4.11.